The van der Waals surface area contributed by atoms with Gasteiger partial charge < -0.3 is 0 Å². The fourth-order valence-electron chi connectivity index (χ4n) is 0. The Morgan fingerprint density at radius 3 is 1.00 bits per heavy atom. The van der Waals surface area contributed by atoms with Gasteiger partial charge in [-0.1, -0.05) is 0 Å². The zero-order chi connectivity index (χ0) is 5.45. The van der Waals surface area contributed by atoms with Crippen LogP contribution in [0, 0.1) is 0 Å². The van der Waals surface area contributed by atoms with Crippen molar-refractivity contribution in [3.8, 4) is 0 Å². The molecule has 6 heavy (non-hydrogen) atoms. The van der Waals surface area contributed by atoms with Gasteiger partial charge in [0, 0.05) is 0 Å². The third-order valence-electron chi connectivity index (χ3n) is 0. The Labute approximate surface area is 39.7 Å². The van der Waals surface area contributed by atoms with E-state index in [1.54, 1.807) is 0 Å². The van der Waals surface area contributed by atoms with Crippen LogP contribution in [0.2, 0.25) is 0 Å². The molecule has 0 rings (SSSR count). The first-order chi connectivity index (χ1) is 2.24. The predicted molar refractivity (Wildman–Crippen MR) is 20.3 cm³/mol. The standard InChI is InChI=1S/BrF4P/c1-6(2,3,4)5. The van der Waals surface area contributed by atoms with Crippen molar-refractivity contribution >= 4 is 22.0 Å². The predicted octanol–water partition coefficient (Wildman–Crippen LogP) is 3.39. The number of hydrogen-bond donors (Lipinski definition) is 0. The number of hydrogen-bond acceptors (Lipinski definition) is 0. The summed E-state index contributed by atoms with van der Waals surface area (Å²) in [5.41, 5.74) is 0. The summed E-state index contributed by atoms with van der Waals surface area (Å²) in [6.07, 6.45) is 0. The van der Waals surface area contributed by atoms with Gasteiger partial charge in [-0.05, 0) is 0 Å². The minimum atomic E-state index is -7.24. The summed E-state index contributed by atoms with van der Waals surface area (Å²) in [6, 6.07) is 0. The summed E-state index contributed by atoms with van der Waals surface area (Å²) in [4.78, 5) is 0. The van der Waals surface area contributed by atoms with Crippen molar-refractivity contribution in [3.63, 3.8) is 0 Å². The van der Waals surface area contributed by atoms with E-state index in [1.165, 1.54) is 0 Å². The van der Waals surface area contributed by atoms with Crippen molar-refractivity contribution < 1.29 is 16.8 Å². The van der Waals surface area contributed by atoms with Crippen LogP contribution in [-0.4, -0.2) is 0 Å². The van der Waals surface area contributed by atoms with Gasteiger partial charge in [0.1, 0.15) is 0 Å². The van der Waals surface area contributed by atoms with E-state index < -0.39 is 6.55 Å². The number of halogens is 5. The van der Waals surface area contributed by atoms with Crippen LogP contribution in [0.3, 0.4) is 0 Å². The first-order valence-corrected chi connectivity index (χ1v) is 4.66. The van der Waals surface area contributed by atoms with Crippen LogP contribution >= 0.6 is 22.0 Å². The molecule has 0 amide bonds. The molecule has 6 heteroatoms. The molecular formula is BrF4P. The summed E-state index contributed by atoms with van der Waals surface area (Å²) in [5, 5.41) is 0. The molecule has 0 aliphatic heterocycles. The van der Waals surface area contributed by atoms with Crippen molar-refractivity contribution in [1.29, 1.82) is 0 Å². The zero-order valence-corrected chi connectivity index (χ0v) is 4.82. The maximum atomic E-state index is 10.4. The van der Waals surface area contributed by atoms with Crippen LogP contribution in [0.15, 0.2) is 0 Å². The van der Waals surface area contributed by atoms with Crippen molar-refractivity contribution in [2.24, 2.45) is 0 Å². The monoisotopic (exact) mass is 186 g/mol. The third kappa shape index (κ3) is 154. The van der Waals surface area contributed by atoms with E-state index >= 15 is 0 Å². The second-order valence-electron chi connectivity index (χ2n) is 0.639. The summed E-state index contributed by atoms with van der Waals surface area (Å²) in [7, 11) is 0. The Balaban J connectivity index is 3.73. The molecule has 0 nitrogen and oxygen atoms in total. The molecule has 0 saturated heterocycles. The van der Waals surface area contributed by atoms with Crippen LogP contribution in [-0.2, 0) is 0 Å². The fourth-order valence-corrected chi connectivity index (χ4v) is 0. The topological polar surface area (TPSA) is 0 Å². The van der Waals surface area contributed by atoms with Gasteiger partial charge >= 0.3 is 38.8 Å². The molecule has 0 aliphatic carbocycles. The van der Waals surface area contributed by atoms with Crippen LogP contribution < -0.4 is 0 Å². The van der Waals surface area contributed by atoms with E-state index in [1.807, 2.05) is 0 Å². The van der Waals surface area contributed by atoms with Crippen LogP contribution in [0.1, 0.15) is 0 Å². The quantitative estimate of drug-likeness (QED) is 0.402. The summed E-state index contributed by atoms with van der Waals surface area (Å²) < 4.78 is 41.7. The van der Waals surface area contributed by atoms with Gasteiger partial charge in [0.2, 0.25) is 0 Å². The summed E-state index contributed by atoms with van der Waals surface area (Å²) in [5.74, 6) is 0. The fraction of sp³-hybridized carbons (Fsp3) is 0. The molecule has 0 aromatic rings. The van der Waals surface area contributed by atoms with Gasteiger partial charge in [-0.2, -0.15) is 0 Å². The van der Waals surface area contributed by atoms with E-state index in [-0.39, 0.29) is 0 Å². The average Bonchev–Trinajstić information content (AvgIpc) is 0.650. The van der Waals surface area contributed by atoms with Crippen molar-refractivity contribution in [2.75, 3.05) is 0 Å². The van der Waals surface area contributed by atoms with Crippen LogP contribution in [0.5, 0.6) is 0 Å². The SMILES string of the molecule is FP(F)(F)(F)Br. The van der Waals surface area contributed by atoms with E-state index in [2.05, 4.69) is 0 Å². The molecule has 0 spiro atoms. The molecule has 0 aliphatic rings. The Morgan fingerprint density at radius 1 is 1.00 bits per heavy atom. The maximum absolute atomic E-state index is 10.4. The Bertz CT molecular complexity index is 40.7. The van der Waals surface area contributed by atoms with Crippen LogP contribution in [0.4, 0.5) is 16.8 Å². The molecule has 0 N–H and O–H groups in total. The second kappa shape index (κ2) is 1.07. The van der Waals surface area contributed by atoms with E-state index in [0.29, 0.717) is 0 Å². The van der Waals surface area contributed by atoms with Crippen molar-refractivity contribution in [1.82, 2.24) is 0 Å². The third-order valence-corrected chi connectivity index (χ3v) is 0. The Kier molecular flexibility index (Phi) is 1.18. The molecule has 0 heterocycles. The van der Waals surface area contributed by atoms with Gasteiger partial charge in [-0.3, -0.25) is 0 Å². The molecule has 40 valence electrons. The van der Waals surface area contributed by atoms with Gasteiger partial charge in [-0.25, -0.2) is 0 Å². The average molecular weight is 187 g/mol. The molecule has 0 saturated carbocycles. The van der Waals surface area contributed by atoms with E-state index in [9.17, 15) is 16.8 Å². The molecule has 0 fully saturated rings. The second-order valence-corrected chi connectivity index (χ2v) is 5.13. The van der Waals surface area contributed by atoms with Crippen molar-refractivity contribution in [2.45, 2.75) is 0 Å². The van der Waals surface area contributed by atoms with Gasteiger partial charge in [-0.15, -0.1) is 0 Å². The Hall–Kier alpha value is 0.630. The normalized spacial score (nSPS) is 19.2. The van der Waals surface area contributed by atoms with E-state index in [4.69, 9.17) is 0 Å². The summed E-state index contributed by atoms with van der Waals surface area (Å²) >= 11 is 0.943. The molecule has 0 radical (unpaired) electrons. The molecule has 0 aromatic heterocycles. The minimum absolute atomic E-state index is 0.943. The van der Waals surface area contributed by atoms with Gasteiger partial charge in [0.15, 0.2) is 0 Å². The first-order valence-electron chi connectivity index (χ1n) is 0.845. The van der Waals surface area contributed by atoms with Crippen molar-refractivity contribution in [3.05, 3.63) is 0 Å². The first kappa shape index (κ1) is 6.63. The van der Waals surface area contributed by atoms with Crippen LogP contribution in [0.25, 0.3) is 0 Å². The molecule has 0 unspecified atom stereocenters. The molecule has 0 atom stereocenters. The van der Waals surface area contributed by atoms with E-state index in [0.717, 1.165) is 15.5 Å². The zero-order valence-electron chi connectivity index (χ0n) is 2.34. The summed E-state index contributed by atoms with van der Waals surface area (Å²) in [6.45, 7) is -7.24. The Morgan fingerprint density at radius 2 is 1.00 bits per heavy atom. The van der Waals surface area contributed by atoms with Gasteiger partial charge in [0.25, 0.3) is 0 Å². The molecule has 0 bridgehead atoms. The molecular weight excluding hydrogens is 187 g/mol. The molecule has 0 aromatic carbocycles. The number of rotatable bonds is 0. The van der Waals surface area contributed by atoms with Gasteiger partial charge in [0.05, 0.1) is 0 Å².